The molecule has 0 fully saturated rings. The second kappa shape index (κ2) is 11.6. The lowest BCUT2D eigenvalue weighted by atomic mass is 9.92. The van der Waals surface area contributed by atoms with Crippen molar-refractivity contribution in [2.45, 2.75) is 0 Å². The molecule has 48 heavy (non-hydrogen) atoms. The average Bonchev–Trinajstić information content (AvgIpc) is 3.11. The summed E-state index contributed by atoms with van der Waals surface area (Å²) in [5.41, 5.74) is 1.48. The van der Waals surface area contributed by atoms with Gasteiger partial charge in [-0.25, -0.2) is 9.59 Å². The van der Waals surface area contributed by atoms with E-state index < -0.39 is 11.9 Å². The third kappa shape index (κ3) is 4.84. The quantitative estimate of drug-likeness (QED) is 0.183. The molecule has 8 aromatic rings. The Morgan fingerprint density at radius 3 is 1.00 bits per heavy atom. The fraction of sp³-hybridized carbons (Fsp3) is 0. The maximum Gasteiger partial charge on any atom is 0.340 e. The molecule has 6 heteroatoms. The van der Waals surface area contributed by atoms with E-state index in [-0.39, 0.29) is 22.6 Å². The fourth-order valence-corrected chi connectivity index (χ4v) is 6.54. The highest BCUT2D eigenvalue weighted by Gasteiger charge is 2.24. The summed E-state index contributed by atoms with van der Waals surface area (Å²) in [7, 11) is 0. The van der Waals surface area contributed by atoms with E-state index in [2.05, 4.69) is 0 Å². The van der Waals surface area contributed by atoms with Crippen molar-refractivity contribution >= 4 is 55.0 Å². The molecule has 6 nitrogen and oxygen atoms in total. The summed E-state index contributed by atoms with van der Waals surface area (Å²) >= 11 is 0. The predicted molar refractivity (Wildman–Crippen MR) is 189 cm³/mol. The topological polar surface area (TPSA) is 93.1 Å². The molecule has 0 amide bonds. The zero-order valence-electron chi connectivity index (χ0n) is 25.4. The van der Waals surface area contributed by atoms with E-state index in [1.54, 1.807) is 36.4 Å². The molecule has 0 spiro atoms. The van der Waals surface area contributed by atoms with Gasteiger partial charge in [0, 0.05) is 11.1 Å². The summed E-state index contributed by atoms with van der Waals surface area (Å²) in [5.74, 6) is -0.966. The van der Waals surface area contributed by atoms with Crippen molar-refractivity contribution in [2.75, 3.05) is 0 Å². The number of hydrogen-bond acceptors (Lipinski definition) is 4. The molecule has 0 bridgehead atoms. The number of aromatic carboxylic acids is 2. The SMILES string of the molecule is O=C(O)c1c(Oc2ccc3ccccc3c2-c2c(Oc3ccc4ccccc4c3C(=O)O)ccc3ccccc23)ccc2ccccc12. The molecule has 0 heterocycles. The highest BCUT2D eigenvalue weighted by Crippen LogP contribution is 2.48. The number of fused-ring (bicyclic) bond motifs is 4. The van der Waals surface area contributed by atoms with Crippen LogP contribution in [0.4, 0.5) is 0 Å². The number of carboxylic acids is 2. The molecule has 0 aliphatic carbocycles. The van der Waals surface area contributed by atoms with Crippen molar-refractivity contribution in [2.24, 2.45) is 0 Å². The summed E-state index contributed by atoms with van der Waals surface area (Å²) < 4.78 is 13.2. The van der Waals surface area contributed by atoms with E-state index in [0.29, 0.717) is 33.4 Å². The number of carbonyl (C=O) groups is 2. The van der Waals surface area contributed by atoms with Crippen LogP contribution in [0.15, 0.2) is 146 Å². The first-order valence-electron chi connectivity index (χ1n) is 15.4. The Morgan fingerprint density at radius 2 is 0.646 bits per heavy atom. The Morgan fingerprint density at radius 1 is 0.354 bits per heavy atom. The van der Waals surface area contributed by atoms with Crippen LogP contribution in [0.3, 0.4) is 0 Å². The smallest absolute Gasteiger partial charge is 0.340 e. The summed E-state index contributed by atoms with van der Waals surface area (Å²) in [5, 5.41) is 27.0. The molecular formula is C42H26O6. The van der Waals surface area contributed by atoms with Gasteiger partial charge in [0.05, 0.1) is 0 Å². The Hall–Kier alpha value is -6.66. The second-order valence-corrected chi connectivity index (χ2v) is 11.5. The van der Waals surface area contributed by atoms with Crippen molar-refractivity contribution in [1.82, 2.24) is 0 Å². The van der Waals surface area contributed by atoms with Gasteiger partial charge in [-0.3, -0.25) is 0 Å². The van der Waals surface area contributed by atoms with Crippen LogP contribution in [0.2, 0.25) is 0 Å². The molecule has 0 unspecified atom stereocenters. The number of hydrogen-bond donors (Lipinski definition) is 2. The van der Waals surface area contributed by atoms with Gasteiger partial charge in [0.1, 0.15) is 34.1 Å². The zero-order valence-corrected chi connectivity index (χ0v) is 25.4. The summed E-state index contributed by atoms with van der Waals surface area (Å²) in [4.78, 5) is 25.3. The van der Waals surface area contributed by atoms with Gasteiger partial charge in [-0.05, 0) is 67.4 Å². The van der Waals surface area contributed by atoms with Crippen LogP contribution in [0.25, 0.3) is 54.2 Å². The van der Waals surface area contributed by atoms with Gasteiger partial charge in [0.15, 0.2) is 0 Å². The minimum absolute atomic E-state index is 0.0591. The molecule has 8 rings (SSSR count). The van der Waals surface area contributed by atoms with Gasteiger partial charge in [-0.1, -0.05) is 121 Å². The standard InChI is InChI=1S/C42H26O6/c43-41(44)39-31-15-7-3-11-27(31)19-23-35(39)47-33-21-17-25-9-1-5-13-29(25)37(33)38-30-14-6-2-10-26(30)18-22-34(38)48-36-24-20-28-12-4-8-16-32(28)40(36)42(45)46/h1-24H,(H,43,44)(H,45,46). The third-order valence-corrected chi connectivity index (χ3v) is 8.68. The highest BCUT2D eigenvalue weighted by atomic mass is 16.5. The second-order valence-electron chi connectivity index (χ2n) is 11.5. The average molecular weight is 627 g/mol. The van der Waals surface area contributed by atoms with Crippen molar-refractivity contribution < 1.29 is 29.3 Å². The lowest BCUT2D eigenvalue weighted by molar-refractivity contribution is 0.0685. The van der Waals surface area contributed by atoms with Gasteiger partial charge in [-0.15, -0.1) is 0 Å². The lowest BCUT2D eigenvalue weighted by Crippen LogP contribution is -2.03. The molecule has 0 saturated heterocycles. The van der Waals surface area contributed by atoms with Crippen molar-refractivity contribution in [3.05, 3.63) is 157 Å². The molecule has 2 N–H and O–H groups in total. The van der Waals surface area contributed by atoms with E-state index in [0.717, 1.165) is 32.3 Å². The summed E-state index contributed by atoms with van der Waals surface area (Å²) in [6, 6.07) is 45.0. The minimum atomic E-state index is -1.10. The molecular weight excluding hydrogens is 600 g/mol. The first kappa shape index (κ1) is 28.8. The van der Waals surface area contributed by atoms with E-state index >= 15 is 0 Å². The molecule has 0 atom stereocenters. The Labute approximate surface area is 274 Å². The Balaban J connectivity index is 1.40. The van der Waals surface area contributed by atoms with Gasteiger partial charge in [0.2, 0.25) is 0 Å². The molecule has 0 aromatic heterocycles. The van der Waals surface area contributed by atoms with Crippen LogP contribution in [-0.4, -0.2) is 22.2 Å². The maximum absolute atomic E-state index is 12.7. The van der Waals surface area contributed by atoms with Crippen molar-refractivity contribution in [1.29, 1.82) is 0 Å². The zero-order chi connectivity index (χ0) is 32.8. The van der Waals surface area contributed by atoms with E-state index in [9.17, 15) is 19.8 Å². The van der Waals surface area contributed by atoms with E-state index in [1.807, 2.05) is 109 Å². The van der Waals surface area contributed by atoms with Crippen molar-refractivity contribution in [3.8, 4) is 34.1 Å². The van der Waals surface area contributed by atoms with Gasteiger partial charge >= 0.3 is 11.9 Å². The summed E-state index contributed by atoms with van der Waals surface area (Å²) in [6.45, 7) is 0. The fourth-order valence-electron chi connectivity index (χ4n) is 6.54. The van der Waals surface area contributed by atoms with Crippen LogP contribution in [0.5, 0.6) is 23.0 Å². The minimum Gasteiger partial charge on any atom is -0.478 e. The van der Waals surface area contributed by atoms with Crippen LogP contribution >= 0.6 is 0 Å². The number of rotatable bonds is 7. The third-order valence-electron chi connectivity index (χ3n) is 8.68. The van der Waals surface area contributed by atoms with Crippen molar-refractivity contribution in [3.63, 3.8) is 0 Å². The molecule has 0 radical (unpaired) electrons. The Kier molecular flexibility index (Phi) is 6.96. The van der Waals surface area contributed by atoms with Gasteiger partial charge in [0.25, 0.3) is 0 Å². The van der Waals surface area contributed by atoms with Crippen LogP contribution in [-0.2, 0) is 0 Å². The van der Waals surface area contributed by atoms with Gasteiger partial charge < -0.3 is 19.7 Å². The molecule has 230 valence electrons. The highest BCUT2D eigenvalue weighted by molar-refractivity contribution is 6.11. The Bertz CT molecular complexity index is 2410. The van der Waals surface area contributed by atoms with E-state index in [1.165, 1.54) is 0 Å². The largest absolute Gasteiger partial charge is 0.478 e. The number of ether oxygens (including phenoxy) is 2. The lowest BCUT2D eigenvalue weighted by Gasteiger charge is -2.21. The maximum atomic E-state index is 12.7. The first-order chi connectivity index (χ1) is 23.5. The molecule has 0 aliphatic rings. The molecule has 0 saturated carbocycles. The first-order valence-corrected chi connectivity index (χ1v) is 15.4. The number of carboxylic acid groups (broad SMARTS) is 2. The monoisotopic (exact) mass is 626 g/mol. The molecule has 0 aliphatic heterocycles. The summed E-state index contributed by atoms with van der Waals surface area (Å²) in [6.07, 6.45) is 0. The van der Waals surface area contributed by atoms with E-state index in [4.69, 9.17) is 9.47 Å². The predicted octanol–water partition coefficient (Wildman–Crippen LogP) is 10.9. The van der Waals surface area contributed by atoms with Crippen LogP contribution < -0.4 is 9.47 Å². The van der Waals surface area contributed by atoms with Crippen LogP contribution in [0.1, 0.15) is 20.7 Å². The number of benzene rings is 8. The van der Waals surface area contributed by atoms with Crippen LogP contribution in [0, 0.1) is 0 Å². The normalized spacial score (nSPS) is 11.2. The van der Waals surface area contributed by atoms with Gasteiger partial charge in [-0.2, -0.15) is 0 Å². The molecule has 8 aromatic carbocycles.